The monoisotopic (exact) mass is 345 g/mol. The van der Waals surface area contributed by atoms with Gasteiger partial charge in [0.05, 0.1) is 17.7 Å². The van der Waals surface area contributed by atoms with Crippen molar-refractivity contribution < 1.29 is 4.74 Å². The summed E-state index contributed by atoms with van der Waals surface area (Å²) in [6, 6.07) is 7.88. The van der Waals surface area contributed by atoms with E-state index >= 15 is 0 Å². The number of nitrogens with one attached hydrogen (secondary N) is 1. The third kappa shape index (κ3) is 3.75. The zero-order chi connectivity index (χ0) is 16.9. The van der Waals surface area contributed by atoms with Crippen LogP contribution in [0.25, 0.3) is 0 Å². The maximum atomic E-state index is 9.35. The third-order valence-electron chi connectivity index (χ3n) is 4.31. The van der Waals surface area contributed by atoms with Gasteiger partial charge in [-0.3, -0.25) is 10.00 Å². The summed E-state index contributed by atoms with van der Waals surface area (Å²) >= 11 is 5.99. The van der Waals surface area contributed by atoms with Crippen LogP contribution in [0.1, 0.15) is 48.1 Å². The first-order valence-electron chi connectivity index (χ1n) is 8.04. The zero-order valence-corrected chi connectivity index (χ0v) is 14.4. The average molecular weight is 346 g/mol. The van der Waals surface area contributed by atoms with Crippen LogP contribution in [-0.4, -0.2) is 33.7 Å². The van der Waals surface area contributed by atoms with Crippen LogP contribution >= 0.6 is 11.6 Å². The van der Waals surface area contributed by atoms with Crippen molar-refractivity contribution in [3.05, 3.63) is 46.0 Å². The molecule has 2 heterocycles. The number of halogens is 1. The second kappa shape index (κ2) is 7.75. The summed E-state index contributed by atoms with van der Waals surface area (Å²) in [4.78, 5) is 6.89. The molecule has 0 radical (unpaired) electrons. The van der Waals surface area contributed by atoms with Crippen molar-refractivity contribution >= 4 is 11.6 Å². The fourth-order valence-electron chi connectivity index (χ4n) is 3.14. The number of hydrogen-bond donors (Lipinski definition) is 1. The Hall–Kier alpha value is -1.94. The van der Waals surface area contributed by atoms with Crippen LogP contribution in [0.4, 0.5) is 0 Å². The lowest BCUT2D eigenvalue weighted by molar-refractivity contribution is 0.133. The van der Waals surface area contributed by atoms with Crippen molar-refractivity contribution in [2.24, 2.45) is 0 Å². The van der Waals surface area contributed by atoms with Gasteiger partial charge in [-0.05, 0) is 37.1 Å². The van der Waals surface area contributed by atoms with Crippen LogP contribution in [0.2, 0.25) is 5.02 Å². The normalized spacial score (nSPS) is 18.5. The molecule has 0 spiro atoms. The first kappa shape index (κ1) is 16.9. The van der Waals surface area contributed by atoms with E-state index in [9.17, 15) is 5.26 Å². The molecule has 0 unspecified atom stereocenters. The summed E-state index contributed by atoms with van der Waals surface area (Å²) in [6.07, 6.45) is 3.31. The number of aromatic nitrogens is 3. The molecule has 0 bridgehead atoms. The van der Waals surface area contributed by atoms with Crippen LogP contribution in [0.15, 0.2) is 18.2 Å². The summed E-state index contributed by atoms with van der Waals surface area (Å²) in [7, 11) is 1.64. The Balaban J connectivity index is 1.81. The van der Waals surface area contributed by atoms with Crippen molar-refractivity contribution in [1.82, 2.24) is 20.1 Å². The summed E-state index contributed by atoms with van der Waals surface area (Å²) < 4.78 is 5.10. The second-order valence-electron chi connectivity index (χ2n) is 5.97. The summed E-state index contributed by atoms with van der Waals surface area (Å²) in [6.45, 7) is 2.08. The molecule has 1 aliphatic rings. The van der Waals surface area contributed by atoms with E-state index in [4.69, 9.17) is 16.3 Å². The van der Waals surface area contributed by atoms with Gasteiger partial charge in [-0.25, -0.2) is 4.98 Å². The van der Waals surface area contributed by atoms with Gasteiger partial charge in [0.1, 0.15) is 6.61 Å². The molecule has 1 aromatic carbocycles. The molecule has 0 saturated carbocycles. The number of nitrogens with zero attached hydrogens (tertiary/aromatic N) is 4. The molecule has 7 heteroatoms. The Labute approximate surface area is 146 Å². The smallest absolute Gasteiger partial charge is 0.167 e. The third-order valence-corrected chi connectivity index (χ3v) is 4.54. The van der Waals surface area contributed by atoms with Crippen LogP contribution in [0, 0.1) is 11.3 Å². The van der Waals surface area contributed by atoms with Gasteiger partial charge in [-0.2, -0.15) is 10.4 Å². The predicted molar refractivity (Wildman–Crippen MR) is 90.3 cm³/mol. The lowest BCUT2D eigenvalue weighted by Crippen LogP contribution is -2.33. The van der Waals surface area contributed by atoms with Gasteiger partial charge >= 0.3 is 0 Å². The SMILES string of the molecule is COCc1nc([C@@H]2CCCCN2Cc2ccc(Cl)cc2C#N)n[nH]1. The molecule has 6 nitrogen and oxygen atoms in total. The molecule has 0 aliphatic carbocycles. The number of likely N-dealkylation sites (tertiary alicyclic amines) is 1. The van der Waals surface area contributed by atoms with E-state index in [0.717, 1.165) is 43.0 Å². The highest BCUT2D eigenvalue weighted by molar-refractivity contribution is 6.30. The molecule has 24 heavy (non-hydrogen) atoms. The Bertz CT molecular complexity index is 739. The molecule has 126 valence electrons. The van der Waals surface area contributed by atoms with Crippen molar-refractivity contribution in [3.63, 3.8) is 0 Å². The Morgan fingerprint density at radius 3 is 3.12 bits per heavy atom. The summed E-state index contributed by atoms with van der Waals surface area (Å²) in [5.41, 5.74) is 1.61. The number of nitriles is 1. The fraction of sp³-hybridized carbons (Fsp3) is 0.471. The van der Waals surface area contributed by atoms with Crippen molar-refractivity contribution in [2.45, 2.75) is 38.5 Å². The quantitative estimate of drug-likeness (QED) is 0.900. The number of benzene rings is 1. The Morgan fingerprint density at radius 1 is 1.46 bits per heavy atom. The van der Waals surface area contributed by atoms with Gasteiger partial charge < -0.3 is 4.74 Å². The molecular formula is C17H20ClN5O. The van der Waals surface area contributed by atoms with Crippen LogP contribution in [-0.2, 0) is 17.9 Å². The molecule has 3 rings (SSSR count). The Morgan fingerprint density at radius 2 is 2.33 bits per heavy atom. The summed E-state index contributed by atoms with van der Waals surface area (Å²) in [5, 5.41) is 17.2. The number of aromatic amines is 1. The topological polar surface area (TPSA) is 77.8 Å². The van der Waals surface area contributed by atoms with E-state index < -0.39 is 0 Å². The number of methoxy groups -OCH3 is 1. The standard InChI is InChI=1S/C17H20ClN5O/c1-24-11-16-20-17(22-21-16)15-4-2-3-7-23(15)10-12-5-6-14(18)8-13(12)9-19/h5-6,8,15H,2-4,7,10-11H2,1H3,(H,20,21,22)/t15-/m0/s1. The van der Waals surface area contributed by atoms with Gasteiger partial charge in [-0.1, -0.05) is 24.1 Å². The minimum absolute atomic E-state index is 0.155. The highest BCUT2D eigenvalue weighted by Gasteiger charge is 2.27. The molecule has 1 fully saturated rings. The number of H-pyrrole nitrogens is 1. The maximum Gasteiger partial charge on any atom is 0.167 e. The predicted octanol–water partition coefficient (Wildman–Crippen LogP) is 3.20. The highest BCUT2D eigenvalue weighted by atomic mass is 35.5. The van der Waals surface area contributed by atoms with E-state index in [0.29, 0.717) is 23.7 Å². The first-order chi connectivity index (χ1) is 11.7. The summed E-state index contributed by atoms with van der Waals surface area (Å²) in [5.74, 6) is 1.54. The van der Waals surface area contributed by atoms with Crippen molar-refractivity contribution in [1.29, 1.82) is 5.26 Å². The van der Waals surface area contributed by atoms with Gasteiger partial charge in [0.15, 0.2) is 11.6 Å². The molecule has 1 aromatic heterocycles. The average Bonchev–Trinajstić information content (AvgIpc) is 3.06. The van der Waals surface area contributed by atoms with Crippen LogP contribution in [0.3, 0.4) is 0 Å². The lowest BCUT2D eigenvalue weighted by atomic mass is 9.99. The van der Waals surface area contributed by atoms with E-state index in [-0.39, 0.29) is 6.04 Å². The molecule has 0 amide bonds. The highest BCUT2D eigenvalue weighted by Crippen LogP contribution is 2.31. The number of hydrogen-bond acceptors (Lipinski definition) is 5. The molecule has 2 aromatic rings. The van der Waals surface area contributed by atoms with Gasteiger partial charge in [0.25, 0.3) is 0 Å². The molecule has 1 N–H and O–H groups in total. The van der Waals surface area contributed by atoms with Crippen LogP contribution < -0.4 is 0 Å². The van der Waals surface area contributed by atoms with E-state index in [1.165, 1.54) is 0 Å². The number of ether oxygens (including phenoxy) is 1. The van der Waals surface area contributed by atoms with Crippen molar-refractivity contribution in [3.8, 4) is 6.07 Å². The van der Waals surface area contributed by atoms with E-state index in [2.05, 4.69) is 26.2 Å². The van der Waals surface area contributed by atoms with Crippen molar-refractivity contribution in [2.75, 3.05) is 13.7 Å². The minimum Gasteiger partial charge on any atom is -0.377 e. The van der Waals surface area contributed by atoms with Gasteiger partial charge in [0, 0.05) is 18.7 Å². The molecule has 1 atom stereocenters. The number of piperidine rings is 1. The lowest BCUT2D eigenvalue weighted by Gasteiger charge is -2.34. The van der Waals surface area contributed by atoms with Gasteiger partial charge in [-0.15, -0.1) is 0 Å². The molecular weight excluding hydrogens is 326 g/mol. The van der Waals surface area contributed by atoms with Gasteiger partial charge in [0.2, 0.25) is 0 Å². The zero-order valence-electron chi connectivity index (χ0n) is 13.6. The van der Waals surface area contributed by atoms with E-state index in [1.54, 1.807) is 13.2 Å². The number of rotatable bonds is 5. The maximum absolute atomic E-state index is 9.35. The second-order valence-corrected chi connectivity index (χ2v) is 6.41. The molecule has 1 saturated heterocycles. The largest absolute Gasteiger partial charge is 0.377 e. The fourth-order valence-corrected chi connectivity index (χ4v) is 3.31. The Kier molecular flexibility index (Phi) is 5.46. The van der Waals surface area contributed by atoms with Crippen LogP contribution in [0.5, 0.6) is 0 Å². The minimum atomic E-state index is 0.155. The van der Waals surface area contributed by atoms with E-state index in [1.807, 2.05) is 12.1 Å². The first-order valence-corrected chi connectivity index (χ1v) is 8.41. The molecule has 1 aliphatic heterocycles.